The summed E-state index contributed by atoms with van der Waals surface area (Å²) in [5.41, 5.74) is 4.10. The third-order valence-corrected chi connectivity index (χ3v) is 6.34. The minimum atomic E-state index is -0.367. The van der Waals surface area contributed by atoms with Crippen molar-refractivity contribution in [2.45, 2.75) is 26.7 Å². The molecule has 4 rings (SSSR count). The molecule has 0 unspecified atom stereocenters. The largest absolute Gasteiger partial charge is 0.272 e. The lowest BCUT2D eigenvalue weighted by atomic mass is 9.85. The van der Waals surface area contributed by atoms with Crippen LogP contribution < -0.4 is 5.43 Å². The van der Waals surface area contributed by atoms with Gasteiger partial charge >= 0.3 is 0 Å². The summed E-state index contributed by atoms with van der Waals surface area (Å²) in [6.45, 7) is 3.96. The van der Waals surface area contributed by atoms with Crippen molar-refractivity contribution in [3.8, 4) is 0 Å². The number of hydrazine groups is 1. The monoisotopic (exact) mass is 330 g/mol. The molecule has 3 aliphatic rings. The van der Waals surface area contributed by atoms with Crippen molar-refractivity contribution in [2.75, 3.05) is 0 Å². The standard InChI is InChI=1S/C17H18N2O3S/c1-3-11-8(2)23-7-12(11)15(20)18-19-16(21)13-9-4-5-10(6-9)14(13)17(19)22/h4-5,7,9-10,13-14H,3,6H2,1-2H3,(H,18,20)/t9-,10+,13-,14+. The van der Waals surface area contributed by atoms with Crippen LogP contribution in [0.2, 0.25) is 0 Å². The fraction of sp³-hybridized carbons (Fsp3) is 0.471. The van der Waals surface area contributed by atoms with Gasteiger partial charge in [0.25, 0.3) is 17.7 Å². The highest BCUT2D eigenvalue weighted by Crippen LogP contribution is 2.52. The molecule has 4 atom stereocenters. The van der Waals surface area contributed by atoms with E-state index in [-0.39, 0.29) is 41.4 Å². The average molecular weight is 330 g/mol. The Morgan fingerprint density at radius 1 is 1.26 bits per heavy atom. The normalized spacial score (nSPS) is 31.1. The number of hydrogen-bond acceptors (Lipinski definition) is 4. The van der Waals surface area contributed by atoms with E-state index in [4.69, 9.17) is 0 Å². The van der Waals surface area contributed by atoms with Crippen molar-refractivity contribution in [1.82, 2.24) is 10.4 Å². The number of hydrogen-bond donors (Lipinski definition) is 1. The van der Waals surface area contributed by atoms with Gasteiger partial charge in [-0.1, -0.05) is 19.1 Å². The summed E-state index contributed by atoms with van der Waals surface area (Å²) < 4.78 is 0. The maximum Gasteiger partial charge on any atom is 0.271 e. The number of carbonyl (C=O) groups is 3. The van der Waals surface area contributed by atoms with Crippen molar-refractivity contribution in [3.63, 3.8) is 0 Å². The minimum Gasteiger partial charge on any atom is -0.272 e. The van der Waals surface area contributed by atoms with Crippen molar-refractivity contribution in [1.29, 1.82) is 0 Å². The number of allylic oxidation sites excluding steroid dienone is 2. The third-order valence-electron chi connectivity index (χ3n) is 5.39. The number of thiophene rings is 1. The molecule has 2 heterocycles. The second kappa shape index (κ2) is 5.03. The molecule has 3 amide bonds. The number of amides is 3. The molecule has 120 valence electrons. The molecule has 2 aliphatic carbocycles. The predicted molar refractivity (Wildman–Crippen MR) is 85.5 cm³/mol. The van der Waals surface area contributed by atoms with Gasteiger partial charge in [0.2, 0.25) is 0 Å². The molecule has 6 heteroatoms. The van der Waals surface area contributed by atoms with Crippen molar-refractivity contribution >= 4 is 29.1 Å². The molecular formula is C17H18N2O3S. The Morgan fingerprint density at radius 3 is 2.43 bits per heavy atom. The minimum absolute atomic E-state index is 0.151. The smallest absolute Gasteiger partial charge is 0.271 e. The first kappa shape index (κ1) is 14.6. The third kappa shape index (κ3) is 1.94. The van der Waals surface area contributed by atoms with Gasteiger partial charge in [0.05, 0.1) is 17.4 Å². The van der Waals surface area contributed by atoms with E-state index in [2.05, 4.69) is 5.43 Å². The lowest BCUT2D eigenvalue weighted by molar-refractivity contribution is -0.143. The average Bonchev–Trinajstić information content (AvgIpc) is 3.27. The number of imide groups is 1. The van der Waals surface area contributed by atoms with Crippen LogP contribution in [0, 0.1) is 30.6 Å². The number of nitrogens with zero attached hydrogens (tertiary/aromatic N) is 1. The van der Waals surface area contributed by atoms with E-state index in [1.807, 2.05) is 26.0 Å². The molecule has 23 heavy (non-hydrogen) atoms. The van der Waals surface area contributed by atoms with Crippen molar-refractivity contribution < 1.29 is 14.4 Å². The zero-order valence-corrected chi connectivity index (χ0v) is 13.9. The second-order valence-electron chi connectivity index (χ2n) is 6.49. The molecule has 1 aromatic heterocycles. The molecular weight excluding hydrogens is 312 g/mol. The lowest BCUT2D eigenvalue weighted by Gasteiger charge is -2.18. The first-order valence-corrected chi connectivity index (χ1v) is 8.85. The van der Waals surface area contributed by atoms with Crippen LogP contribution in [0.4, 0.5) is 0 Å². The van der Waals surface area contributed by atoms with Crippen LogP contribution in [-0.2, 0) is 16.0 Å². The summed E-state index contributed by atoms with van der Waals surface area (Å²) in [6, 6.07) is 0. The van der Waals surface area contributed by atoms with Crippen LogP contribution in [0.3, 0.4) is 0 Å². The lowest BCUT2D eigenvalue weighted by Crippen LogP contribution is -2.47. The summed E-state index contributed by atoms with van der Waals surface area (Å²) in [7, 11) is 0. The highest BCUT2D eigenvalue weighted by atomic mass is 32.1. The van der Waals surface area contributed by atoms with Crippen molar-refractivity contribution in [3.05, 3.63) is 33.5 Å². The Labute approximate surface area is 138 Å². The highest BCUT2D eigenvalue weighted by Gasteiger charge is 2.59. The maximum absolute atomic E-state index is 12.6. The van der Waals surface area contributed by atoms with Gasteiger partial charge in [-0.05, 0) is 37.2 Å². The molecule has 5 nitrogen and oxygen atoms in total. The van der Waals surface area contributed by atoms with E-state index < -0.39 is 0 Å². The number of nitrogens with one attached hydrogen (secondary N) is 1. The first-order chi connectivity index (χ1) is 11.0. The van der Waals surface area contributed by atoms with Crippen LogP contribution in [-0.4, -0.2) is 22.7 Å². The number of carbonyl (C=O) groups excluding carboxylic acids is 3. The first-order valence-electron chi connectivity index (χ1n) is 7.97. The van der Waals surface area contributed by atoms with Gasteiger partial charge < -0.3 is 0 Å². The van der Waals surface area contributed by atoms with Gasteiger partial charge in [0, 0.05) is 10.3 Å². The van der Waals surface area contributed by atoms with E-state index in [0.717, 1.165) is 28.3 Å². The van der Waals surface area contributed by atoms with Crippen LogP contribution in [0.5, 0.6) is 0 Å². The summed E-state index contributed by atoms with van der Waals surface area (Å²) >= 11 is 1.51. The Kier molecular flexibility index (Phi) is 3.20. The van der Waals surface area contributed by atoms with Crippen LogP contribution in [0.1, 0.15) is 34.1 Å². The molecule has 0 aromatic carbocycles. The molecule has 1 aliphatic heterocycles. The van der Waals surface area contributed by atoms with Gasteiger partial charge in [0.15, 0.2) is 0 Å². The van der Waals surface area contributed by atoms with E-state index in [9.17, 15) is 14.4 Å². The predicted octanol–water partition coefficient (Wildman–Crippen LogP) is 2.07. The maximum atomic E-state index is 12.6. The molecule has 1 N–H and O–H groups in total. The molecule has 1 saturated carbocycles. The molecule has 2 fully saturated rings. The highest BCUT2D eigenvalue weighted by molar-refractivity contribution is 7.10. The van der Waals surface area contributed by atoms with Gasteiger partial charge in [-0.25, -0.2) is 0 Å². The van der Waals surface area contributed by atoms with Gasteiger partial charge in [0.1, 0.15) is 0 Å². The van der Waals surface area contributed by atoms with Crippen LogP contribution in [0.15, 0.2) is 17.5 Å². The van der Waals surface area contributed by atoms with Crippen LogP contribution >= 0.6 is 11.3 Å². The molecule has 0 radical (unpaired) electrons. The summed E-state index contributed by atoms with van der Waals surface area (Å²) in [6.07, 6.45) is 5.72. The molecule has 1 aromatic rings. The summed E-state index contributed by atoms with van der Waals surface area (Å²) in [5, 5.41) is 2.76. The van der Waals surface area contributed by atoms with Crippen LogP contribution in [0.25, 0.3) is 0 Å². The SMILES string of the molecule is CCc1c(C(=O)NN2C(=O)[C@@H]3[C@H](C2=O)[C@@H]2C=C[C@H]3C2)csc1C. The van der Waals surface area contributed by atoms with E-state index in [0.29, 0.717) is 5.56 Å². The molecule has 2 bridgehead atoms. The van der Waals surface area contributed by atoms with Gasteiger partial charge in [-0.2, -0.15) is 5.01 Å². The summed E-state index contributed by atoms with van der Waals surface area (Å²) in [5.74, 6) is -1.14. The quantitative estimate of drug-likeness (QED) is 0.681. The van der Waals surface area contributed by atoms with Gasteiger partial charge in [-0.15, -0.1) is 11.3 Å². The zero-order valence-electron chi connectivity index (χ0n) is 13.0. The van der Waals surface area contributed by atoms with Crippen molar-refractivity contribution in [2.24, 2.45) is 23.7 Å². The Balaban J connectivity index is 1.57. The Hall–Kier alpha value is -1.95. The van der Waals surface area contributed by atoms with E-state index in [1.54, 1.807) is 5.38 Å². The van der Waals surface area contributed by atoms with E-state index in [1.165, 1.54) is 11.3 Å². The number of fused-ring (bicyclic) bond motifs is 5. The Bertz CT molecular complexity index is 721. The summed E-state index contributed by atoms with van der Waals surface area (Å²) in [4.78, 5) is 38.8. The molecule has 0 spiro atoms. The zero-order chi connectivity index (χ0) is 16.3. The number of aryl methyl sites for hydroxylation is 1. The number of rotatable bonds is 3. The van der Waals surface area contributed by atoms with E-state index >= 15 is 0 Å². The second-order valence-corrected chi connectivity index (χ2v) is 7.57. The van der Waals surface area contributed by atoms with Gasteiger partial charge in [-0.3, -0.25) is 19.8 Å². The Morgan fingerprint density at radius 2 is 1.87 bits per heavy atom. The fourth-order valence-electron chi connectivity index (χ4n) is 4.28. The fourth-order valence-corrected chi connectivity index (χ4v) is 5.22. The topological polar surface area (TPSA) is 66.5 Å². The molecule has 1 saturated heterocycles.